The van der Waals surface area contributed by atoms with Gasteiger partial charge in [-0.15, -0.1) is 0 Å². The number of nitrogens with one attached hydrogen (secondary N) is 1. The zero-order valence-corrected chi connectivity index (χ0v) is 16.1. The zero-order chi connectivity index (χ0) is 19.6. The van der Waals surface area contributed by atoms with E-state index in [0.29, 0.717) is 12.1 Å². The topological polar surface area (TPSA) is 45.2 Å². The van der Waals surface area contributed by atoms with E-state index in [1.807, 2.05) is 63.2 Å². The summed E-state index contributed by atoms with van der Waals surface area (Å²) in [6.07, 6.45) is 0. The highest BCUT2D eigenvalue weighted by atomic mass is 19.1. The molecular weight excluding hydrogens is 341 g/mol. The minimum atomic E-state index is -0.281. The van der Waals surface area contributed by atoms with Crippen LogP contribution in [0.25, 0.3) is 10.9 Å². The Balaban J connectivity index is 1.86. The molecule has 1 heterocycles. The van der Waals surface area contributed by atoms with Gasteiger partial charge in [-0.3, -0.25) is 9.78 Å². The van der Waals surface area contributed by atoms with Gasteiger partial charge in [0.25, 0.3) is 5.91 Å². The van der Waals surface area contributed by atoms with Crippen molar-refractivity contribution in [2.45, 2.75) is 19.9 Å². The van der Waals surface area contributed by atoms with E-state index in [1.165, 1.54) is 12.1 Å². The maximum absolute atomic E-state index is 13.6. The summed E-state index contributed by atoms with van der Waals surface area (Å²) in [6, 6.07) is 14.1. The summed E-state index contributed by atoms with van der Waals surface area (Å²) in [7, 11) is 3.83. The minimum Gasteiger partial charge on any atom is -0.350 e. The highest BCUT2D eigenvalue weighted by Gasteiger charge is 2.18. The number of aryl methyl sites for hydroxylation is 2. The van der Waals surface area contributed by atoms with E-state index in [9.17, 15) is 9.18 Å². The van der Waals surface area contributed by atoms with Gasteiger partial charge in [0.2, 0.25) is 0 Å². The van der Waals surface area contributed by atoms with Gasteiger partial charge in [0.15, 0.2) is 0 Å². The highest BCUT2D eigenvalue weighted by molar-refractivity contribution is 6.06. The predicted molar refractivity (Wildman–Crippen MR) is 106 cm³/mol. The lowest BCUT2D eigenvalue weighted by Gasteiger charge is -2.25. The maximum atomic E-state index is 13.6. The van der Waals surface area contributed by atoms with Gasteiger partial charge in [-0.05, 0) is 63.8 Å². The van der Waals surface area contributed by atoms with Gasteiger partial charge < -0.3 is 10.2 Å². The van der Waals surface area contributed by atoms with Gasteiger partial charge in [0.05, 0.1) is 17.1 Å². The molecule has 0 spiro atoms. The Hall–Kier alpha value is -2.79. The minimum absolute atomic E-state index is 0.124. The van der Waals surface area contributed by atoms with Gasteiger partial charge in [-0.1, -0.05) is 23.8 Å². The molecule has 1 N–H and O–H groups in total. The third-order valence-electron chi connectivity index (χ3n) is 4.65. The predicted octanol–water partition coefficient (Wildman–Crippen LogP) is 4.02. The van der Waals surface area contributed by atoms with Gasteiger partial charge >= 0.3 is 0 Å². The Bertz CT molecular complexity index is 984. The number of nitrogens with zero attached hydrogens (tertiary/aromatic N) is 2. The third-order valence-corrected chi connectivity index (χ3v) is 4.65. The Morgan fingerprint density at radius 1 is 1.15 bits per heavy atom. The highest BCUT2D eigenvalue weighted by Crippen LogP contribution is 2.21. The van der Waals surface area contributed by atoms with Gasteiger partial charge in [-0.2, -0.15) is 0 Å². The molecule has 140 valence electrons. The first-order valence-corrected chi connectivity index (χ1v) is 8.93. The summed E-state index contributed by atoms with van der Waals surface area (Å²) >= 11 is 0. The summed E-state index contributed by atoms with van der Waals surface area (Å²) in [6.45, 7) is 4.25. The fourth-order valence-electron chi connectivity index (χ4n) is 3.26. The summed E-state index contributed by atoms with van der Waals surface area (Å²) in [5.74, 6) is -0.434. The number of hydrogen-bond donors (Lipinski definition) is 1. The van der Waals surface area contributed by atoms with E-state index in [1.54, 1.807) is 6.07 Å². The molecule has 1 amide bonds. The van der Waals surface area contributed by atoms with E-state index in [0.717, 1.165) is 27.7 Å². The number of carbonyl (C=O) groups excluding carboxylic acids is 1. The van der Waals surface area contributed by atoms with Crippen molar-refractivity contribution in [3.63, 3.8) is 0 Å². The molecular formula is C22H24FN3O. The maximum Gasteiger partial charge on any atom is 0.252 e. The van der Waals surface area contributed by atoms with Crippen molar-refractivity contribution in [2.75, 3.05) is 20.6 Å². The van der Waals surface area contributed by atoms with Crippen LogP contribution >= 0.6 is 0 Å². The lowest BCUT2D eigenvalue weighted by atomic mass is 10.0. The molecule has 3 rings (SSSR count). The number of fused-ring (bicyclic) bond motifs is 1. The van der Waals surface area contributed by atoms with Crippen molar-refractivity contribution < 1.29 is 9.18 Å². The molecule has 0 aliphatic heterocycles. The van der Waals surface area contributed by atoms with Gasteiger partial charge in [0.1, 0.15) is 5.82 Å². The Labute approximate surface area is 159 Å². The van der Waals surface area contributed by atoms with Crippen molar-refractivity contribution in [1.29, 1.82) is 0 Å². The zero-order valence-electron chi connectivity index (χ0n) is 16.1. The fourth-order valence-corrected chi connectivity index (χ4v) is 3.26. The van der Waals surface area contributed by atoms with Crippen molar-refractivity contribution in [2.24, 2.45) is 0 Å². The molecule has 0 aliphatic carbocycles. The number of pyridine rings is 1. The largest absolute Gasteiger partial charge is 0.350 e. The van der Waals surface area contributed by atoms with Crippen LogP contribution in [0.5, 0.6) is 0 Å². The van der Waals surface area contributed by atoms with E-state index in [4.69, 9.17) is 0 Å². The van der Waals surface area contributed by atoms with E-state index >= 15 is 0 Å². The van der Waals surface area contributed by atoms with E-state index in [-0.39, 0.29) is 17.8 Å². The molecule has 2 aromatic carbocycles. The van der Waals surface area contributed by atoms with Crippen LogP contribution in [-0.2, 0) is 0 Å². The fraction of sp³-hybridized carbons (Fsp3) is 0.273. The average Bonchev–Trinajstić information content (AvgIpc) is 2.61. The molecule has 3 aromatic rings. The second-order valence-corrected chi connectivity index (χ2v) is 7.08. The number of hydrogen-bond acceptors (Lipinski definition) is 3. The molecule has 0 saturated heterocycles. The Morgan fingerprint density at radius 3 is 2.63 bits per heavy atom. The molecule has 1 aromatic heterocycles. The number of rotatable bonds is 5. The lowest BCUT2D eigenvalue weighted by Crippen LogP contribution is -2.34. The molecule has 0 radical (unpaired) electrons. The van der Waals surface area contributed by atoms with Crippen molar-refractivity contribution >= 4 is 16.8 Å². The molecule has 5 heteroatoms. The molecule has 0 saturated carbocycles. The Kier molecular flexibility index (Phi) is 5.51. The van der Waals surface area contributed by atoms with Crippen LogP contribution in [-0.4, -0.2) is 36.4 Å². The van der Waals surface area contributed by atoms with Crippen LogP contribution in [0.3, 0.4) is 0 Å². The van der Waals surface area contributed by atoms with Gasteiger partial charge in [-0.25, -0.2) is 4.39 Å². The van der Waals surface area contributed by atoms with Crippen molar-refractivity contribution in [3.05, 3.63) is 76.7 Å². The quantitative estimate of drug-likeness (QED) is 0.743. The number of aromatic nitrogens is 1. The van der Waals surface area contributed by atoms with Crippen LogP contribution in [0.2, 0.25) is 0 Å². The van der Waals surface area contributed by atoms with E-state index in [2.05, 4.69) is 10.3 Å². The first-order valence-electron chi connectivity index (χ1n) is 8.93. The van der Waals surface area contributed by atoms with Crippen molar-refractivity contribution in [3.8, 4) is 0 Å². The number of carbonyl (C=O) groups is 1. The molecule has 0 fully saturated rings. The summed E-state index contributed by atoms with van der Waals surface area (Å²) in [5, 5.41) is 3.84. The molecule has 27 heavy (non-hydrogen) atoms. The summed E-state index contributed by atoms with van der Waals surface area (Å²) in [4.78, 5) is 19.4. The number of likely N-dealkylation sites (N-methyl/N-ethyl adjacent to an activating group) is 1. The van der Waals surface area contributed by atoms with Crippen LogP contribution in [0.1, 0.15) is 33.2 Å². The smallest absolute Gasteiger partial charge is 0.252 e. The molecule has 0 bridgehead atoms. The number of amides is 1. The molecule has 0 unspecified atom stereocenters. The molecule has 1 atom stereocenters. The SMILES string of the molecule is Cc1ccc2nc(C)cc(C(=O)NC[C@@H](c3cccc(F)c3)N(C)C)c2c1. The Morgan fingerprint density at radius 2 is 1.93 bits per heavy atom. The van der Waals surface area contributed by atoms with Crippen LogP contribution < -0.4 is 5.32 Å². The number of benzene rings is 2. The first kappa shape index (κ1) is 19.0. The van der Waals surface area contributed by atoms with Gasteiger partial charge in [0, 0.05) is 17.6 Å². The number of halogens is 1. The average molecular weight is 365 g/mol. The monoisotopic (exact) mass is 365 g/mol. The third kappa shape index (κ3) is 4.31. The second kappa shape index (κ2) is 7.84. The first-order chi connectivity index (χ1) is 12.8. The second-order valence-electron chi connectivity index (χ2n) is 7.08. The van der Waals surface area contributed by atoms with E-state index < -0.39 is 0 Å². The van der Waals surface area contributed by atoms with Crippen LogP contribution in [0.15, 0.2) is 48.5 Å². The normalized spacial score (nSPS) is 12.4. The van der Waals surface area contributed by atoms with Crippen LogP contribution in [0.4, 0.5) is 4.39 Å². The molecule has 4 nitrogen and oxygen atoms in total. The van der Waals surface area contributed by atoms with Crippen molar-refractivity contribution in [1.82, 2.24) is 15.2 Å². The lowest BCUT2D eigenvalue weighted by molar-refractivity contribution is 0.0943. The standard InChI is InChI=1S/C22H24FN3O/c1-14-8-9-20-18(10-14)19(11-15(2)25-20)22(27)24-13-21(26(3)4)16-6-5-7-17(23)12-16/h5-12,21H,13H2,1-4H3,(H,24,27)/t21-/m0/s1. The summed E-state index contributed by atoms with van der Waals surface area (Å²) < 4.78 is 13.6. The summed E-state index contributed by atoms with van der Waals surface area (Å²) in [5.41, 5.74) is 4.11. The van der Waals surface area contributed by atoms with Crippen LogP contribution in [0, 0.1) is 19.7 Å². The molecule has 0 aliphatic rings.